The summed E-state index contributed by atoms with van der Waals surface area (Å²) in [4.78, 5) is 26.6. The molecular formula is C44H54N6. The van der Waals surface area contributed by atoms with Crippen LogP contribution in [0.5, 0.6) is 0 Å². The quantitative estimate of drug-likeness (QED) is 0.165. The zero-order valence-corrected chi connectivity index (χ0v) is 32.3. The van der Waals surface area contributed by atoms with E-state index in [0.29, 0.717) is 0 Å². The SMILES string of the molecule is CCC1=C(C)C2=c3[nH]c(c(CC)c3C)=Cc3[nH]c(c(C)c3CC)-c3[nH]c(c(CC)c3C)C=c3[nH]c(c(C)c3CC)=C3N=C(C1=N2)C(CC)=C3C. The normalized spacial score (nSPS) is 15.6. The highest BCUT2D eigenvalue weighted by Crippen LogP contribution is 2.36. The van der Waals surface area contributed by atoms with Crippen molar-refractivity contribution in [2.45, 2.75) is 122 Å². The fraction of sp³-hybridized carbons (Fsp3) is 0.409. The lowest BCUT2D eigenvalue weighted by Gasteiger charge is -2.08. The van der Waals surface area contributed by atoms with E-state index in [1.54, 1.807) is 0 Å². The highest BCUT2D eigenvalue weighted by molar-refractivity contribution is 6.57. The van der Waals surface area contributed by atoms with Crippen molar-refractivity contribution in [3.8, 4) is 11.4 Å². The minimum absolute atomic E-state index is 0.903. The van der Waals surface area contributed by atoms with Crippen molar-refractivity contribution in [2.24, 2.45) is 9.98 Å². The molecule has 4 N–H and O–H groups in total. The lowest BCUT2D eigenvalue weighted by Crippen LogP contribution is -2.16. The van der Waals surface area contributed by atoms with Crippen molar-refractivity contribution in [1.29, 1.82) is 0 Å². The van der Waals surface area contributed by atoms with E-state index in [4.69, 9.17) is 9.98 Å². The van der Waals surface area contributed by atoms with E-state index in [1.807, 2.05) is 0 Å². The second kappa shape index (κ2) is 12.6. The largest absolute Gasteiger partial charge is 0.353 e. The standard InChI is InChI=1S/C44H54N6/c1-13-27-21(7)37-38-22(8)28(14-2)34(46-38)20-36-30(16-4)24(10)40(48-36)42-26(12)32(18-6)44(50-42)43-31(17-5)25(11)41(49-43)39-23(9)29(15-3)35(47-39)19-33(27)45-37/h19-20,45-48H,13-18H2,1-12H3. The van der Waals surface area contributed by atoms with E-state index in [-0.39, 0.29) is 0 Å². The Morgan fingerprint density at radius 3 is 1.12 bits per heavy atom. The van der Waals surface area contributed by atoms with E-state index in [9.17, 15) is 0 Å². The molecule has 4 aromatic heterocycles. The summed E-state index contributed by atoms with van der Waals surface area (Å²) in [7, 11) is 0. The topological polar surface area (TPSA) is 87.9 Å². The summed E-state index contributed by atoms with van der Waals surface area (Å²) in [6, 6.07) is 0. The van der Waals surface area contributed by atoms with Crippen molar-refractivity contribution in [3.63, 3.8) is 0 Å². The first-order valence-electron chi connectivity index (χ1n) is 18.9. The number of aromatic nitrogens is 4. The molecular weight excluding hydrogens is 613 g/mol. The number of allylic oxidation sites excluding steroid dienone is 2. The van der Waals surface area contributed by atoms with Gasteiger partial charge in [0.1, 0.15) is 0 Å². The predicted molar refractivity (Wildman–Crippen MR) is 212 cm³/mol. The van der Waals surface area contributed by atoms with Gasteiger partial charge in [0, 0.05) is 22.1 Å². The molecule has 50 heavy (non-hydrogen) atoms. The molecule has 3 aliphatic heterocycles. The minimum Gasteiger partial charge on any atom is -0.353 e. The van der Waals surface area contributed by atoms with Crippen LogP contribution in [-0.2, 0) is 25.7 Å². The lowest BCUT2D eigenvalue weighted by atomic mass is 9.94. The number of nitrogens with zero attached hydrogens (tertiary/aromatic N) is 2. The number of H-pyrrole nitrogens is 4. The number of hydrogen-bond acceptors (Lipinski definition) is 2. The number of nitrogens with one attached hydrogen (secondary N) is 4. The van der Waals surface area contributed by atoms with Crippen LogP contribution >= 0.6 is 0 Å². The maximum absolute atomic E-state index is 5.49. The van der Waals surface area contributed by atoms with Crippen LogP contribution < -0.4 is 21.4 Å². The van der Waals surface area contributed by atoms with Crippen LogP contribution in [-0.4, -0.2) is 31.4 Å². The van der Waals surface area contributed by atoms with Gasteiger partial charge in [0.05, 0.1) is 44.9 Å². The number of aliphatic imine (C=N–C) groups is 2. The van der Waals surface area contributed by atoms with Gasteiger partial charge in [0.25, 0.3) is 0 Å². The molecule has 0 amide bonds. The molecule has 7 heterocycles. The van der Waals surface area contributed by atoms with Gasteiger partial charge in [-0.25, -0.2) is 9.98 Å². The van der Waals surface area contributed by atoms with Crippen LogP contribution in [0.1, 0.15) is 124 Å². The molecule has 6 heteroatoms. The lowest BCUT2D eigenvalue weighted by molar-refractivity contribution is 1.09. The molecule has 3 aliphatic rings. The van der Waals surface area contributed by atoms with E-state index in [1.165, 1.54) is 89.6 Å². The van der Waals surface area contributed by atoms with Gasteiger partial charge < -0.3 is 19.9 Å². The Kier molecular flexibility index (Phi) is 8.56. The first kappa shape index (κ1) is 33.9. The summed E-state index contributed by atoms with van der Waals surface area (Å²) in [5.41, 5.74) is 24.5. The van der Waals surface area contributed by atoms with Gasteiger partial charge in [-0.2, -0.15) is 0 Å². The maximum Gasteiger partial charge on any atom is 0.0932 e. The summed E-state index contributed by atoms with van der Waals surface area (Å²) in [5, 5.41) is 4.56. The molecule has 0 aromatic carbocycles. The zero-order chi connectivity index (χ0) is 35.8. The third-order valence-corrected chi connectivity index (χ3v) is 11.9. The molecule has 0 unspecified atom stereocenters. The van der Waals surface area contributed by atoms with Gasteiger partial charge in [-0.05, 0) is 159 Å². The van der Waals surface area contributed by atoms with Crippen LogP contribution in [0.15, 0.2) is 32.3 Å². The van der Waals surface area contributed by atoms with Crippen molar-refractivity contribution in [3.05, 3.63) is 99.6 Å². The minimum atomic E-state index is 0.903. The van der Waals surface area contributed by atoms with Gasteiger partial charge in [-0.3, -0.25) is 0 Å². The monoisotopic (exact) mass is 666 g/mol. The van der Waals surface area contributed by atoms with Crippen molar-refractivity contribution < 1.29 is 0 Å². The van der Waals surface area contributed by atoms with Crippen LogP contribution in [0.3, 0.4) is 0 Å². The molecule has 0 saturated carbocycles. The first-order chi connectivity index (χ1) is 24.0. The predicted octanol–water partition coefficient (Wildman–Crippen LogP) is 7.40. The van der Waals surface area contributed by atoms with Crippen molar-refractivity contribution in [2.75, 3.05) is 0 Å². The third-order valence-electron chi connectivity index (χ3n) is 11.9. The molecule has 12 bridgehead atoms. The van der Waals surface area contributed by atoms with Crippen LogP contribution in [0, 0.1) is 27.7 Å². The molecule has 0 saturated heterocycles. The number of hydrogen-bond donors (Lipinski definition) is 4. The Balaban J connectivity index is 1.68. The average molecular weight is 667 g/mol. The second-order valence-electron chi connectivity index (χ2n) is 14.3. The van der Waals surface area contributed by atoms with Crippen molar-refractivity contribution >= 4 is 35.0 Å². The van der Waals surface area contributed by atoms with Crippen LogP contribution in [0.4, 0.5) is 0 Å². The Morgan fingerprint density at radius 1 is 0.440 bits per heavy atom. The van der Waals surface area contributed by atoms with Crippen molar-refractivity contribution in [1.82, 2.24) is 19.9 Å². The summed E-state index contributed by atoms with van der Waals surface area (Å²) in [6.07, 6.45) is 10.3. The van der Waals surface area contributed by atoms with E-state index >= 15 is 0 Å². The molecule has 7 rings (SSSR count). The van der Waals surface area contributed by atoms with E-state index in [2.05, 4.69) is 115 Å². The van der Waals surface area contributed by atoms with E-state index in [0.717, 1.165) is 82.7 Å². The van der Waals surface area contributed by atoms with Gasteiger partial charge in [0.15, 0.2) is 0 Å². The number of fused-ring (bicyclic) bond motifs is 12. The Hall–Kier alpha value is -4.58. The smallest absolute Gasteiger partial charge is 0.0932 e. The summed E-state index contributed by atoms with van der Waals surface area (Å²) >= 11 is 0. The van der Waals surface area contributed by atoms with Gasteiger partial charge in [-0.15, -0.1) is 0 Å². The Bertz CT molecular complexity index is 2310. The molecule has 0 spiro atoms. The van der Waals surface area contributed by atoms with Gasteiger partial charge in [0.2, 0.25) is 0 Å². The summed E-state index contributed by atoms with van der Waals surface area (Å²) in [5.74, 6) is 0. The molecule has 260 valence electrons. The second-order valence-corrected chi connectivity index (χ2v) is 14.3. The average Bonchev–Trinajstić information content (AvgIpc) is 3.91. The number of aromatic amines is 4. The highest BCUT2D eigenvalue weighted by Gasteiger charge is 2.31. The Labute approximate surface area is 296 Å². The third kappa shape index (κ3) is 4.81. The molecule has 0 aliphatic carbocycles. The molecule has 0 fully saturated rings. The van der Waals surface area contributed by atoms with Crippen LogP contribution in [0.25, 0.3) is 34.9 Å². The molecule has 0 atom stereocenters. The van der Waals surface area contributed by atoms with Gasteiger partial charge in [-0.1, -0.05) is 41.5 Å². The zero-order valence-electron chi connectivity index (χ0n) is 32.3. The highest BCUT2D eigenvalue weighted by atomic mass is 14.9. The maximum atomic E-state index is 5.49. The summed E-state index contributed by atoms with van der Waals surface area (Å²) in [6.45, 7) is 27.1. The summed E-state index contributed by atoms with van der Waals surface area (Å²) < 4.78 is 0. The molecule has 6 nitrogen and oxygen atoms in total. The van der Waals surface area contributed by atoms with Gasteiger partial charge >= 0.3 is 0 Å². The molecule has 0 radical (unpaired) electrons. The van der Waals surface area contributed by atoms with E-state index < -0.39 is 0 Å². The first-order valence-corrected chi connectivity index (χ1v) is 18.9. The number of rotatable bonds is 6. The fourth-order valence-corrected chi connectivity index (χ4v) is 9.12. The Morgan fingerprint density at radius 2 is 0.800 bits per heavy atom. The fourth-order valence-electron chi connectivity index (χ4n) is 9.12. The van der Waals surface area contributed by atoms with Crippen LogP contribution in [0.2, 0.25) is 0 Å². The molecule has 4 aromatic rings.